The van der Waals surface area contributed by atoms with E-state index >= 15 is 0 Å². The van der Waals surface area contributed by atoms with Gasteiger partial charge in [-0.05, 0) is 25.0 Å². The van der Waals surface area contributed by atoms with E-state index in [0.29, 0.717) is 25.1 Å². The Labute approximate surface area is 101 Å². The molecule has 0 radical (unpaired) electrons. The fourth-order valence-corrected chi connectivity index (χ4v) is 1.27. The number of benzene rings is 1. The summed E-state index contributed by atoms with van der Waals surface area (Å²) in [6, 6.07) is 3.56. The van der Waals surface area contributed by atoms with Crippen LogP contribution in [0.3, 0.4) is 0 Å². The maximum atomic E-state index is 13.2. The summed E-state index contributed by atoms with van der Waals surface area (Å²) in [5.74, 6) is -0.543. The Morgan fingerprint density at radius 2 is 1.94 bits per heavy atom. The maximum absolute atomic E-state index is 13.2. The summed E-state index contributed by atoms with van der Waals surface area (Å²) in [5.41, 5.74) is 0. The third kappa shape index (κ3) is 4.69. The van der Waals surface area contributed by atoms with Crippen LogP contribution >= 0.6 is 0 Å². The quantitative estimate of drug-likeness (QED) is 0.775. The first-order valence-electron chi connectivity index (χ1n) is 5.82. The van der Waals surface area contributed by atoms with Gasteiger partial charge in [0.05, 0.1) is 0 Å². The van der Waals surface area contributed by atoms with Crippen LogP contribution in [-0.2, 0) is 0 Å². The minimum absolute atomic E-state index is 0.0380. The van der Waals surface area contributed by atoms with Crippen molar-refractivity contribution in [2.75, 3.05) is 13.2 Å². The van der Waals surface area contributed by atoms with E-state index in [4.69, 9.17) is 4.74 Å². The predicted molar refractivity (Wildman–Crippen MR) is 64.2 cm³/mol. The molecule has 1 unspecified atom stereocenters. The third-order valence-electron chi connectivity index (χ3n) is 2.72. The molecule has 1 atom stereocenters. The Morgan fingerprint density at radius 1 is 1.24 bits per heavy atom. The second-order valence-electron chi connectivity index (χ2n) is 4.41. The number of rotatable bonds is 6. The molecule has 0 heterocycles. The van der Waals surface area contributed by atoms with Crippen molar-refractivity contribution in [3.05, 3.63) is 29.8 Å². The lowest BCUT2D eigenvalue weighted by atomic mass is 10.1. The van der Waals surface area contributed by atoms with Crippen LogP contribution in [0.2, 0.25) is 0 Å². The molecule has 1 N–H and O–H groups in total. The molecule has 0 bridgehead atoms. The highest BCUT2D eigenvalue weighted by Crippen LogP contribution is 2.17. The van der Waals surface area contributed by atoms with Gasteiger partial charge in [0.15, 0.2) is 11.6 Å². The highest BCUT2D eigenvalue weighted by molar-refractivity contribution is 5.24. The van der Waals surface area contributed by atoms with Crippen LogP contribution in [0.4, 0.5) is 8.78 Å². The molecule has 0 saturated carbocycles. The van der Waals surface area contributed by atoms with Gasteiger partial charge in [-0.1, -0.05) is 13.8 Å². The lowest BCUT2D eigenvalue weighted by Gasteiger charge is -2.17. The van der Waals surface area contributed by atoms with Gasteiger partial charge in [0.25, 0.3) is 0 Å². The predicted octanol–water partition coefficient (Wildman–Crippen LogP) is 2.98. The van der Waals surface area contributed by atoms with Crippen LogP contribution in [0, 0.1) is 17.6 Å². The third-order valence-corrected chi connectivity index (χ3v) is 2.72. The van der Waals surface area contributed by atoms with Gasteiger partial charge in [-0.25, -0.2) is 8.78 Å². The molecule has 0 aliphatic heterocycles. The molecule has 0 aliphatic carbocycles. The van der Waals surface area contributed by atoms with Crippen molar-refractivity contribution in [2.24, 2.45) is 5.92 Å². The Kier molecular flexibility index (Phi) is 5.35. The molecular formula is C13H19F2NO. The zero-order chi connectivity index (χ0) is 12.8. The number of nitrogens with one attached hydrogen (secondary N) is 1. The van der Waals surface area contributed by atoms with Crippen molar-refractivity contribution in [1.29, 1.82) is 0 Å². The smallest absolute Gasteiger partial charge is 0.165 e. The Morgan fingerprint density at radius 3 is 2.59 bits per heavy atom. The number of halogens is 2. The first-order valence-corrected chi connectivity index (χ1v) is 5.82. The highest BCUT2D eigenvalue weighted by atomic mass is 19.1. The topological polar surface area (TPSA) is 21.3 Å². The van der Waals surface area contributed by atoms with E-state index in [2.05, 4.69) is 26.1 Å². The molecule has 0 amide bonds. The molecule has 0 aliphatic rings. The monoisotopic (exact) mass is 243 g/mol. The van der Waals surface area contributed by atoms with Crippen molar-refractivity contribution in [1.82, 2.24) is 5.32 Å². The van der Waals surface area contributed by atoms with Crippen LogP contribution in [0.1, 0.15) is 20.8 Å². The molecule has 0 aromatic heterocycles. The van der Waals surface area contributed by atoms with E-state index < -0.39 is 11.6 Å². The summed E-state index contributed by atoms with van der Waals surface area (Å²) in [7, 11) is 0. The van der Waals surface area contributed by atoms with Gasteiger partial charge in [0.2, 0.25) is 0 Å². The fraction of sp³-hybridized carbons (Fsp3) is 0.538. The molecule has 1 aromatic carbocycles. The van der Waals surface area contributed by atoms with Crippen molar-refractivity contribution >= 4 is 0 Å². The fourth-order valence-electron chi connectivity index (χ4n) is 1.27. The van der Waals surface area contributed by atoms with Crippen molar-refractivity contribution in [3.63, 3.8) is 0 Å². The molecule has 0 saturated heterocycles. The average Bonchev–Trinajstić information content (AvgIpc) is 2.28. The maximum Gasteiger partial charge on any atom is 0.165 e. The van der Waals surface area contributed by atoms with Gasteiger partial charge in [0.1, 0.15) is 12.4 Å². The minimum atomic E-state index is -0.539. The number of hydrogen-bond donors (Lipinski definition) is 1. The molecule has 0 fully saturated rings. The summed E-state index contributed by atoms with van der Waals surface area (Å²) in [6.07, 6.45) is 0. The van der Waals surface area contributed by atoms with E-state index in [-0.39, 0.29) is 5.75 Å². The summed E-state index contributed by atoms with van der Waals surface area (Å²) >= 11 is 0. The highest BCUT2D eigenvalue weighted by Gasteiger charge is 2.07. The van der Waals surface area contributed by atoms with Crippen molar-refractivity contribution in [2.45, 2.75) is 26.8 Å². The minimum Gasteiger partial charge on any atom is -0.489 e. The van der Waals surface area contributed by atoms with Crippen LogP contribution < -0.4 is 10.1 Å². The SMILES string of the molecule is CC(C)C(C)NCCOc1cc(F)ccc1F. The van der Waals surface area contributed by atoms with E-state index in [1.54, 1.807) is 0 Å². The number of hydrogen-bond acceptors (Lipinski definition) is 2. The van der Waals surface area contributed by atoms with E-state index in [1.165, 1.54) is 0 Å². The van der Waals surface area contributed by atoms with Gasteiger partial charge in [-0.3, -0.25) is 0 Å². The zero-order valence-corrected chi connectivity index (χ0v) is 10.5. The van der Waals surface area contributed by atoms with Crippen LogP contribution in [0.15, 0.2) is 18.2 Å². The molecule has 17 heavy (non-hydrogen) atoms. The van der Waals surface area contributed by atoms with Gasteiger partial charge in [-0.2, -0.15) is 0 Å². The van der Waals surface area contributed by atoms with E-state index in [1.807, 2.05) is 0 Å². The molecule has 2 nitrogen and oxygen atoms in total. The summed E-state index contributed by atoms with van der Waals surface area (Å²) in [4.78, 5) is 0. The van der Waals surface area contributed by atoms with Crippen LogP contribution in [0.5, 0.6) is 5.75 Å². The normalized spacial score (nSPS) is 12.8. The molecule has 1 aromatic rings. The summed E-state index contributed by atoms with van der Waals surface area (Å²) < 4.78 is 31.2. The number of ether oxygens (including phenoxy) is 1. The molecular weight excluding hydrogens is 224 g/mol. The zero-order valence-electron chi connectivity index (χ0n) is 10.5. The van der Waals surface area contributed by atoms with Gasteiger partial charge >= 0.3 is 0 Å². The second-order valence-corrected chi connectivity index (χ2v) is 4.41. The van der Waals surface area contributed by atoms with Gasteiger partial charge in [-0.15, -0.1) is 0 Å². The molecule has 1 rings (SSSR count). The van der Waals surface area contributed by atoms with Crippen LogP contribution in [0.25, 0.3) is 0 Å². The Hall–Kier alpha value is -1.16. The summed E-state index contributed by atoms with van der Waals surface area (Å²) in [6.45, 7) is 7.23. The Balaban J connectivity index is 2.33. The van der Waals surface area contributed by atoms with Crippen LogP contribution in [-0.4, -0.2) is 19.2 Å². The van der Waals surface area contributed by atoms with E-state index in [0.717, 1.165) is 18.2 Å². The Bertz CT molecular complexity index is 355. The first kappa shape index (κ1) is 13.9. The second kappa shape index (κ2) is 6.55. The lowest BCUT2D eigenvalue weighted by molar-refractivity contribution is 0.283. The van der Waals surface area contributed by atoms with Gasteiger partial charge in [0, 0.05) is 18.7 Å². The molecule has 96 valence electrons. The average molecular weight is 243 g/mol. The van der Waals surface area contributed by atoms with Crippen molar-refractivity contribution < 1.29 is 13.5 Å². The standard InChI is InChI=1S/C13H19F2NO/c1-9(2)10(3)16-6-7-17-13-8-11(14)4-5-12(13)15/h4-5,8-10,16H,6-7H2,1-3H3. The van der Waals surface area contributed by atoms with E-state index in [9.17, 15) is 8.78 Å². The first-order chi connectivity index (χ1) is 8.00. The summed E-state index contributed by atoms with van der Waals surface area (Å²) in [5, 5.41) is 3.25. The molecule has 4 heteroatoms. The van der Waals surface area contributed by atoms with Crippen molar-refractivity contribution in [3.8, 4) is 5.75 Å². The van der Waals surface area contributed by atoms with Gasteiger partial charge < -0.3 is 10.1 Å². The lowest BCUT2D eigenvalue weighted by Crippen LogP contribution is -2.33. The largest absolute Gasteiger partial charge is 0.489 e. The molecule has 0 spiro atoms.